The average molecular weight is 591 g/mol. The van der Waals surface area contributed by atoms with Gasteiger partial charge in [0.25, 0.3) is 0 Å². The van der Waals surface area contributed by atoms with Gasteiger partial charge in [-0.2, -0.15) is 0 Å². The minimum absolute atomic E-state index is 0.371. The second-order valence-electron chi connectivity index (χ2n) is 6.59. The van der Waals surface area contributed by atoms with E-state index in [1.54, 1.807) is 12.2 Å². The normalized spacial score (nSPS) is 14.6. The molecule has 1 aliphatic rings. The quantitative estimate of drug-likeness (QED) is 0.228. The fourth-order valence-corrected chi connectivity index (χ4v) is 4.67. The van der Waals surface area contributed by atoms with E-state index in [9.17, 15) is 4.79 Å². The first-order chi connectivity index (χ1) is 14.5. The lowest BCUT2D eigenvalue weighted by atomic mass is 10.1. The van der Waals surface area contributed by atoms with Crippen LogP contribution in [0.1, 0.15) is 16.7 Å². The Labute approximate surface area is 199 Å². The summed E-state index contributed by atoms with van der Waals surface area (Å²) in [5.41, 5.74) is 3.27. The van der Waals surface area contributed by atoms with Crippen molar-refractivity contribution < 1.29 is 14.3 Å². The van der Waals surface area contributed by atoms with Gasteiger partial charge in [-0.05, 0) is 79.4 Å². The molecule has 0 aliphatic carbocycles. The number of carbonyl (C=O) groups excluding carboxylic acids is 1. The SMILES string of the molecule is O=C1OC(c2ccc(Br)cc2)=C/C1=C\c1cc(Br)c(OCc2ccccc2)c(Br)c1. The molecule has 6 heteroatoms. The molecule has 3 nitrogen and oxygen atoms in total. The first-order valence-electron chi connectivity index (χ1n) is 9.07. The highest BCUT2D eigenvalue weighted by atomic mass is 79.9. The average Bonchev–Trinajstić information content (AvgIpc) is 3.09. The molecule has 0 atom stereocenters. The van der Waals surface area contributed by atoms with Crippen molar-refractivity contribution in [3.05, 3.63) is 108 Å². The summed E-state index contributed by atoms with van der Waals surface area (Å²) in [5.74, 6) is 0.880. The van der Waals surface area contributed by atoms with Gasteiger partial charge in [0.2, 0.25) is 0 Å². The lowest BCUT2D eigenvalue weighted by Gasteiger charge is -2.11. The molecule has 4 rings (SSSR count). The third-order valence-corrected chi connectivity index (χ3v) is 6.13. The van der Waals surface area contributed by atoms with Gasteiger partial charge in [-0.3, -0.25) is 0 Å². The number of cyclic esters (lactones) is 1. The van der Waals surface area contributed by atoms with E-state index in [0.717, 1.165) is 30.1 Å². The predicted molar refractivity (Wildman–Crippen MR) is 129 cm³/mol. The molecule has 0 bridgehead atoms. The molecule has 0 aromatic heterocycles. The van der Waals surface area contributed by atoms with Gasteiger partial charge in [-0.15, -0.1) is 0 Å². The van der Waals surface area contributed by atoms with Crippen molar-refractivity contribution in [1.29, 1.82) is 0 Å². The van der Waals surface area contributed by atoms with Gasteiger partial charge in [0.05, 0.1) is 14.5 Å². The van der Waals surface area contributed by atoms with E-state index in [1.165, 1.54) is 0 Å². The van der Waals surface area contributed by atoms with Crippen LogP contribution in [0.3, 0.4) is 0 Å². The van der Waals surface area contributed by atoms with E-state index in [-0.39, 0.29) is 5.97 Å². The number of halogens is 3. The molecule has 1 heterocycles. The lowest BCUT2D eigenvalue weighted by molar-refractivity contribution is -0.130. The Balaban J connectivity index is 1.56. The Morgan fingerprint density at radius 1 is 0.900 bits per heavy atom. The number of carbonyl (C=O) groups is 1. The molecule has 0 amide bonds. The van der Waals surface area contributed by atoms with Crippen LogP contribution in [0.15, 0.2) is 91.8 Å². The van der Waals surface area contributed by atoms with E-state index in [2.05, 4.69) is 47.8 Å². The maximum Gasteiger partial charge on any atom is 0.343 e. The van der Waals surface area contributed by atoms with Crippen LogP contribution >= 0.6 is 47.8 Å². The maximum absolute atomic E-state index is 12.3. The molecule has 0 radical (unpaired) electrons. The van der Waals surface area contributed by atoms with E-state index in [0.29, 0.717) is 23.7 Å². The molecule has 0 N–H and O–H groups in total. The highest BCUT2D eigenvalue weighted by Crippen LogP contribution is 2.37. The van der Waals surface area contributed by atoms with Crippen molar-refractivity contribution in [2.24, 2.45) is 0 Å². The predicted octanol–water partition coefficient (Wildman–Crippen LogP) is 7.53. The first-order valence-corrected chi connectivity index (χ1v) is 11.4. The van der Waals surface area contributed by atoms with Gasteiger partial charge < -0.3 is 9.47 Å². The summed E-state index contributed by atoms with van der Waals surface area (Å²) in [5, 5.41) is 0. The number of hydrogen-bond donors (Lipinski definition) is 0. The van der Waals surface area contributed by atoms with Gasteiger partial charge in [0.1, 0.15) is 18.1 Å². The molecule has 3 aromatic carbocycles. The Kier molecular flexibility index (Phi) is 6.56. The minimum atomic E-state index is -0.371. The zero-order chi connectivity index (χ0) is 21.1. The summed E-state index contributed by atoms with van der Waals surface area (Å²) in [6.07, 6.45) is 3.55. The van der Waals surface area contributed by atoms with Crippen molar-refractivity contribution in [3.63, 3.8) is 0 Å². The molecule has 0 fully saturated rings. The zero-order valence-electron chi connectivity index (χ0n) is 15.6. The summed E-state index contributed by atoms with van der Waals surface area (Å²) >= 11 is 10.6. The van der Waals surface area contributed by atoms with Gasteiger partial charge in [0, 0.05) is 10.0 Å². The van der Waals surface area contributed by atoms with E-state index < -0.39 is 0 Å². The second-order valence-corrected chi connectivity index (χ2v) is 9.22. The second kappa shape index (κ2) is 9.33. The number of hydrogen-bond acceptors (Lipinski definition) is 3. The summed E-state index contributed by atoms with van der Waals surface area (Å²) in [4.78, 5) is 12.3. The topological polar surface area (TPSA) is 35.5 Å². The third kappa shape index (κ3) is 4.94. The molecule has 0 saturated carbocycles. The van der Waals surface area contributed by atoms with Crippen molar-refractivity contribution in [1.82, 2.24) is 0 Å². The van der Waals surface area contributed by atoms with Crippen LogP contribution in [0.2, 0.25) is 0 Å². The number of esters is 1. The van der Waals surface area contributed by atoms with Gasteiger partial charge >= 0.3 is 5.97 Å². The summed E-state index contributed by atoms with van der Waals surface area (Å²) in [7, 11) is 0. The van der Waals surface area contributed by atoms with Gasteiger partial charge in [-0.1, -0.05) is 58.4 Å². The Morgan fingerprint density at radius 3 is 2.23 bits per heavy atom. The highest BCUT2D eigenvalue weighted by molar-refractivity contribution is 9.11. The number of ether oxygens (including phenoxy) is 2. The van der Waals surface area contributed by atoms with Crippen molar-refractivity contribution in [3.8, 4) is 5.75 Å². The Hall–Kier alpha value is -2.15. The molecular weight excluding hydrogens is 576 g/mol. The molecule has 0 saturated heterocycles. The highest BCUT2D eigenvalue weighted by Gasteiger charge is 2.22. The summed E-state index contributed by atoms with van der Waals surface area (Å²) < 4.78 is 14.0. The van der Waals surface area contributed by atoms with E-state index >= 15 is 0 Å². The van der Waals surface area contributed by atoms with Gasteiger partial charge in [-0.25, -0.2) is 4.79 Å². The van der Waals surface area contributed by atoms with Crippen LogP contribution in [0.4, 0.5) is 0 Å². The van der Waals surface area contributed by atoms with Crippen molar-refractivity contribution >= 4 is 65.6 Å². The summed E-state index contributed by atoms with van der Waals surface area (Å²) in [6.45, 7) is 0.462. The molecule has 1 aliphatic heterocycles. The monoisotopic (exact) mass is 588 g/mol. The molecule has 0 unspecified atom stereocenters. The smallest absolute Gasteiger partial charge is 0.343 e. The standard InChI is InChI=1S/C24H15Br3O3/c25-19-8-6-17(7-9-19)22-13-18(24(28)30-22)10-16-11-20(26)23(21(27)12-16)29-14-15-4-2-1-3-5-15/h1-13H,14H2/b18-10+. The molecular formula is C24H15Br3O3. The van der Waals surface area contributed by atoms with Crippen LogP contribution in [-0.2, 0) is 16.1 Å². The fourth-order valence-electron chi connectivity index (χ4n) is 2.96. The fraction of sp³-hybridized carbons (Fsp3) is 0.0417. The van der Waals surface area contributed by atoms with E-state index in [1.807, 2.05) is 66.7 Å². The largest absolute Gasteiger partial charge is 0.487 e. The molecule has 0 spiro atoms. The summed E-state index contributed by atoms with van der Waals surface area (Å²) in [6, 6.07) is 21.4. The van der Waals surface area contributed by atoms with Crippen molar-refractivity contribution in [2.75, 3.05) is 0 Å². The van der Waals surface area contributed by atoms with Crippen LogP contribution in [-0.4, -0.2) is 5.97 Å². The lowest BCUT2D eigenvalue weighted by Crippen LogP contribution is -1.98. The van der Waals surface area contributed by atoms with Crippen LogP contribution in [0.25, 0.3) is 11.8 Å². The molecule has 3 aromatic rings. The first kappa shape index (κ1) is 21.1. The van der Waals surface area contributed by atoms with Crippen LogP contribution in [0.5, 0.6) is 5.75 Å². The molecule has 150 valence electrons. The van der Waals surface area contributed by atoms with Crippen LogP contribution in [0, 0.1) is 0 Å². The number of benzene rings is 3. The van der Waals surface area contributed by atoms with Crippen molar-refractivity contribution in [2.45, 2.75) is 6.61 Å². The third-order valence-electron chi connectivity index (χ3n) is 4.42. The van der Waals surface area contributed by atoms with Crippen LogP contribution < -0.4 is 4.74 Å². The molecule has 30 heavy (non-hydrogen) atoms. The zero-order valence-corrected chi connectivity index (χ0v) is 20.3. The number of rotatable bonds is 5. The Bertz CT molecular complexity index is 1130. The maximum atomic E-state index is 12.3. The minimum Gasteiger partial charge on any atom is -0.487 e. The Morgan fingerprint density at radius 2 is 1.57 bits per heavy atom. The van der Waals surface area contributed by atoms with Gasteiger partial charge in [0.15, 0.2) is 0 Å². The van der Waals surface area contributed by atoms with E-state index in [4.69, 9.17) is 9.47 Å².